The summed E-state index contributed by atoms with van der Waals surface area (Å²) in [5, 5.41) is 7.59. The SMILES string of the molecule is CCC(C)(C)[C@H]1CCc2c(sc3c2C(=O)N[C@@H](c2ccc(OC(=O)c4ccc5c(c4)OCO5)cc2)N3)C1. The Labute approximate surface area is 220 Å². The highest BCUT2D eigenvalue weighted by Crippen LogP contribution is 2.47. The third-order valence-corrected chi connectivity index (χ3v) is 9.28. The van der Waals surface area contributed by atoms with Crippen molar-refractivity contribution >= 4 is 28.2 Å². The normalized spacial score (nSPS) is 19.9. The first kappa shape index (κ1) is 23.9. The predicted molar refractivity (Wildman–Crippen MR) is 142 cm³/mol. The van der Waals surface area contributed by atoms with E-state index in [9.17, 15) is 9.59 Å². The van der Waals surface area contributed by atoms with Gasteiger partial charge in [-0.25, -0.2) is 4.79 Å². The van der Waals surface area contributed by atoms with Crippen molar-refractivity contribution in [1.82, 2.24) is 5.32 Å². The van der Waals surface area contributed by atoms with Gasteiger partial charge in [-0.1, -0.05) is 39.3 Å². The van der Waals surface area contributed by atoms with E-state index in [0.717, 1.165) is 41.8 Å². The van der Waals surface area contributed by atoms with Crippen LogP contribution in [0.3, 0.4) is 0 Å². The Balaban J connectivity index is 1.15. The lowest BCUT2D eigenvalue weighted by molar-refractivity contribution is 0.0734. The van der Waals surface area contributed by atoms with E-state index in [4.69, 9.17) is 14.2 Å². The van der Waals surface area contributed by atoms with Crippen LogP contribution in [-0.4, -0.2) is 18.7 Å². The smallest absolute Gasteiger partial charge is 0.343 e. The molecule has 0 bridgehead atoms. The molecule has 2 atom stereocenters. The second-order valence-corrected chi connectivity index (χ2v) is 11.7. The summed E-state index contributed by atoms with van der Waals surface area (Å²) in [7, 11) is 0. The fourth-order valence-corrected chi connectivity index (χ4v) is 6.69. The molecule has 3 heterocycles. The molecule has 2 aliphatic heterocycles. The number of benzene rings is 2. The summed E-state index contributed by atoms with van der Waals surface area (Å²) < 4.78 is 16.2. The Morgan fingerprint density at radius 3 is 2.68 bits per heavy atom. The average Bonchev–Trinajstić information content (AvgIpc) is 3.52. The number of carbonyl (C=O) groups excluding carboxylic acids is 2. The molecule has 0 fully saturated rings. The number of esters is 1. The lowest BCUT2D eigenvalue weighted by Crippen LogP contribution is -2.38. The number of hydrogen-bond donors (Lipinski definition) is 2. The summed E-state index contributed by atoms with van der Waals surface area (Å²) in [6.45, 7) is 7.12. The number of thiophene rings is 1. The van der Waals surface area contributed by atoms with Crippen LogP contribution in [0, 0.1) is 11.3 Å². The van der Waals surface area contributed by atoms with Crippen molar-refractivity contribution in [2.45, 2.75) is 52.6 Å². The van der Waals surface area contributed by atoms with E-state index in [1.807, 2.05) is 12.1 Å². The zero-order chi connectivity index (χ0) is 25.7. The van der Waals surface area contributed by atoms with Crippen molar-refractivity contribution < 1.29 is 23.8 Å². The quantitative estimate of drug-likeness (QED) is 0.314. The van der Waals surface area contributed by atoms with Crippen LogP contribution < -0.4 is 24.8 Å². The molecule has 3 aromatic rings. The summed E-state index contributed by atoms with van der Waals surface area (Å²) in [6.07, 6.45) is 3.93. The number of carbonyl (C=O) groups is 2. The van der Waals surface area contributed by atoms with Gasteiger partial charge in [0.05, 0.1) is 11.1 Å². The molecule has 0 saturated carbocycles. The minimum atomic E-state index is -0.478. The Morgan fingerprint density at radius 2 is 1.89 bits per heavy atom. The van der Waals surface area contributed by atoms with Crippen molar-refractivity contribution in [2.75, 3.05) is 12.1 Å². The Morgan fingerprint density at radius 1 is 1.11 bits per heavy atom. The molecule has 0 spiro atoms. The minimum Gasteiger partial charge on any atom is -0.454 e. The predicted octanol–water partition coefficient (Wildman–Crippen LogP) is 6.09. The molecule has 1 aliphatic carbocycles. The number of anilines is 1. The molecule has 8 heteroatoms. The number of ether oxygens (including phenoxy) is 3. The highest BCUT2D eigenvalue weighted by Gasteiger charge is 2.37. The van der Waals surface area contributed by atoms with E-state index in [-0.39, 0.29) is 18.9 Å². The number of nitrogens with one attached hydrogen (secondary N) is 2. The van der Waals surface area contributed by atoms with Crippen molar-refractivity contribution in [3.63, 3.8) is 0 Å². The maximum atomic E-state index is 13.2. The monoisotopic (exact) mass is 518 g/mol. The van der Waals surface area contributed by atoms with Crippen LogP contribution in [0.4, 0.5) is 5.00 Å². The summed E-state index contributed by atoms with van der Waals surface area (Å²) in [5.41, 5.74) is 3.61. The third-order valence-electron chi connectivity index (χ3n) is 8.09. The zero-order valence-electron chi connectivity index (χ0n) is 21.2. The molecule has 0 radical (unpaired) electrons. The number of fused-ring (bicyclic) bond motifs is 4. The van der Waals surface area contributed by atoms with Crippen molar-refractivity contribution in [2.24, 2.45) is 11.3 Å². The van der Waals surface area contributed by atoms with E-state index in [1.54, 1.807) is 41.7 Å². The summed E-state index contributed by atoms with van der Waals surface area (Å²) in [6, 6.07) is 12.2. The molecule has 7 nitrogen and oxygen atoms in total. The second-order valence-electron chi connectivity index (χ2n) is 10.6. The van der Waals surface area contributed by atoms with E-state index in [0.29, 0.717) is 34.1 Å². The molecule has 37 heavy (non-hydrogen) atoms. The number of rotatable bonds is 5. The minimum absolute atomic E-state index is 0.0252. The van der Waals surface area contributed by atoms with Crippen LogP contribution in [0.2, 0.25) is 0 Å². The van der Waals surface area contributed by atoms with Crippen molar-refractivity contribution in [1.29, 1.82) is 0 Å². The molecular formula is C29H30N2O5S. The Kier molecular flexibility index (Phi) is 5.87. The van der Waals surface area contributed by atoms with Gasteiger partial charge >= 0.3 is 5.97 Å². The molecule has 6 rings (SSSR count). The van der Waals surface area contributed by atoms with Gasteiger partial charge in [0.15, 0.2) is 11.5 Å². The van der Waals surface area contributed by atoms with Crippen molar-refractivity contribution in [3.05, 3.63) is 69.6 Å². The summed E-state index contributed by atoms with van der Waals surface area (Å²) in [4.78, 5) is 27.1. The van der Waals surface area contributed by atoms with Crippen LogP contribution in [0.1, 0.15) is 76.5 Å². The summed E-state index contributed by atoms with van der Waals surface area (Å²) >= 11 is 1.73. The van der Waals surface area contributed by atoms with Crippen LogP contribution in [-0.2, 0) is 12.8 Å². The molecule has 2 aromatic carbocycles. The first-order chi connectivity index (χ1) is 17.8. The van der Waals surface area contributed by atoms with Gasteiger partial charge < -0.3 is 24.8 Å². The van der Waals surface area contributed by atoms with Gasteiger partial charge in [-0.3, -0.25) is 4.79 Å². The van der Waals surface area contributed by atoms with Gasteiger partial charge in [-0.2, -0.15) is 0 Å². The highest BCUT2D eigenvalue weighted by molar-refractivity contribution is 7.16. The molecular weight excluding hydrogens is 488 g/mol. The highest BCUT2D eigenvalue weighted by atomic mass is 32.1. The van der Waals surface area contributed by atoms with Crippen LogP contribution in [0.25, 0.3) is 0 Å². The largest absolute Gasteiger partial charge is 0.454 e. The topological polar surface area (TPSA) is 85.9 Å². The zero-order valence-corrected chi connectivity index (χ0v) is 22.0. The maximum absolute atomic E-state index is 13.2. The summed E-state index contributed by atoms with van der Waals surface area (Å²) in [5.74, 6) is 1.70. The maximum Gasteiger partial charge on any atom is 0.343 e. The molecule has 1 aromatic heterocycles. The van der Waals surface area contributed by atoms with Crippen LogP contribution in [0.5, 0.6) is 17.2 Å². The first-order valence-electron chi connectivity index (χ1n) is 12.8. The molecule has 3 aliphatic rings. The van der Waals surface area contributed by atoms with E-state index in [2.05, 4.69) is 31.4 Å². The van der Waals surface area contributed by atoms with E-state index >= 15 is 0 Å². The number of amides is 1. The lowest BCUT2D eigenvalue weighted by Gasteiger charge is -2.36. The first-order valence-corrected chi connectivity index (χ1v) is 13.6. The second kappa shape index (κ2) is 9.10. The van der Waals surface area contributed by atoms with Gasteiger partial charge in [0, 0.05) is 4.88 Å². The fourth-order valence-electron chi connectivity index (χ4n) is 5.34. The van der Waals surface area contributed by atoms with Gasteiger partial charge in [0.2, 0.25) is 6.79 Å². The van der Waals surface area contributed by atoms with Crippen molar-refractivity contribution in [3.8, 4) is 17.2 Å². The molecule has 192 valence electrons. The van der Waals surface area contributed by atoms with E-state index in [1.165, 1.54) is 10.4 Å². The average molecular weight is 519 g/mol. The number of hydrogen-bond acceptors (Lipinski definition) is 7. The lowest BCUT2D eigenvalue weighted by atomic mass is 9.69. The molecule has 0 saturated heterocycles. The Bertz CT molecular complexity index is 1380. The van der Waals surface area contributed by atoms with Gasteiger partial charge in [-0.05, 0) is 72.1 Å². The molecule has 0 unspecified atom stereocenters. The van der Waals surface area contributed by atoms with Crippen LogP contribution >= 0.6 is 11.3 Å². The Hall–Kier alpha value is -3.52. The third kappa shape index (κ3) is 4.33. The molecule has 2 N–H and O–H groups in total. The van der Waals surface area contributed by atoms with Gasteiger partial charge in [0.25, 0.3) is 5.91 Å². The van der Waals surface area contributed by atoms with Crippen LogP contribution in [0.15, 0.2) is 42.5 Å². The van der Waals surface area contributed by atoms with Gasteiger partial charge in [0.1, 0.15) is 16.9 Å². The van der Waals surface area contributed by atoms with Gasteiger partial charge in [-0.15, -0.1) is 11.3 Å². The standard InChI is InChI=1S/C29H30N2O5S/c1-4-29(2,3)18-8-11-20-23(14-18)37-27-24(20)26(32)30-25(31-27)16-5-9-19(10-6-16)36-28(33)17-7-12-21-22(13-17)35-15-34-21/h5-7,9-10,12-13,18,25,31H,4,8,11,14-15H2,1-3H3,(H,30,32)/t18-,25+/m0/s1. The molecule has 1 amide bonds. The fraction of sp³-hybridized carbons (Fsp3) is 0.379. The van der Waals surface area contributed by atoms with E-state index < -0.39 is 5.97 Å².